The van der Waals surface area contributed by atoms with Crippen molar-refractivity contribution >= 4 is 23.6 Å². The number of nitrogens with one attached hydrogen (secondary N) is 1. The second-order valence-electron chi connectivity index (χ2n) is 8.82. The Bertz CT molecular complexity index is 1100. The van der Waals surface area contributed by atoms with Crippen LogP contribution < -0.4 is 10.1 Å². The van der Waals surface area contributed by atoms with Crippen molar-refractivity contribution in [1.29, 1.82) is 0 Å². The highest BCUT2D eigenvalue weighted by Gasteiger charge is 2.30. The fraction of sp³-hybridized carbons (Fsp3) is 0.333. The second kappa shape index (κ2) is 14.3. The summed E-state index contributed by atoms with van der Waals surface area (Å²) in [6.45, 7) is 5.05. The fourth-order valence-corrected chi connectivity index (χ4v) is 4.67. The van der Waals surface area contributed by atoms with Gasteiger partial charge in [0.05, 0.1) is 12.9 Å². The Labute approximate surface area is 219 Å². The van der Waals surface area contributed by atoms with Crippen LogP contribution in [0.3, 0.4) is 0 Å². The molecule has 3 aromatic rings. The van der Waals surface area contributed by atoms with Crippen LogP contribution in [0.4, 0.5) is 0 Å². The zero-order valence-corrected chi connectivity index (χ0v) is 22.2. The van der Waals surface area contributed by atoms with Gasteiger partial charge in [0.15, 0.2) is 0 Å². The van der Waals surface area contributed by atoms with Crippen molar-refractivity contribution < 1.29 is 14.3 Å². The molecule has 6 heteroatoms. The Morgan fingerprint density at radius 1 is 0.972 bits per heavy atom. The molecule has 0 aliphatic rings. The van der Waals surface area contributed by atoms with Crippen LogP contribution in [0.15, 0.2) is 83.8 Å². The predicted molar refractivity (Wildman–Crippen MR) is 147 cm³/mol. The molecule has 2 amide bonds. The number of hydrogen-bond donors (Lipinski definition) is 1. The average molecular weight is 505 g/mol. The molecule has 0 aliphatic heterocycles. The van der Waals surface area contributed by atoms with Crippen LogP contribution in [-0.4, -0.2) is 42.2 Å². The Kier molecular flexibility index (Phi) is 10.9. The molecular formula is C30H36N2O3S. The number of amides is 2. The maximum Gasteiger partial charge on any atom is 0.243 e. The average Bonchev–Trinajstić information content (AvgIpc) is 2.91. The molecule has 0 aliphatic carbocycles. The van der Waals surface area contributed by atoms with Gasteiger partial charge < -0.3 is 15.0 Å². The van der Waals surface area contributed by atoms with Crippen molar-refractivity contribution in [2.24, 2.45) is 0 Å². The minimum Gasteiger partial charge on any atom is -0.497 e. The minimum atomic E-state index is -0.624. The first-order valence-electron chi connectivity index (χ1n) is 12.4. The number of rotatable bonds is 13. The fourth-order valence-electron chi connectivity index (χ4n) is 3.89. The summed E-state index contributed by atoms with van der Waals surface area (Å²) in [4.78, 5) is 29.9. The lowest BCUT2D eigenvalue weighted by atomic mass is 10.0. The molecule has 0 bridgehead atoms. The molecule has 0 aromatic heterocycles. The van der Waals surface area contributed by atoms with Crippen LogP contribution in [0, 0.1) is 6.92 Å². The summed E-state index contributed by atoms with van der Waals surface area (Å²) in [5.74, 6) is 0.778. The maximum absolute atomic E-state index is 13.7. The van der Waals surface area contributed by atoms with E-state index in [0.29, 0.717) is 19.5 Å². The van der Waals surface area contributed by atoms with Crippen LogP contribution in [0.2, 0.25) is 0 Å². The highest BCUT2D eigenvalue weighted by molar-refractivity contribution is 8.00. The third-order valence-corrected chi connectivity index (χ3v) is 6.97. The van der Waals surface area contributed by atoms with Crippen LogP contribution in [0.25, 0.3) is 0 Å². The van der Waals surface area contributed by atoms with E-state index in [4.69, 9.17) is 4.74 Å². The first-order valence-corrected chi connectivity index (χ1v) is 13.4. The van der Waals surface area contributed by atoms with E-state index in [1.54, 1.807) is 12.0 Å². The predicted octanol–water partition coefficient (Wildman–Crippen LogP) is 5.65. The molecule has 0 radical (unpaired) electrons. The summed E-state index contributed by atoms with van der Waals surface area (Å²) >= 11 is 1.49. The number of methoxy groups -OCH3 is 1. The molecule has 190 valence electrons. The van der Waals surface area contributed by atoms with E-state index in [0.717, 1.165) is 34.6 Å². The van der Waals surface area contributed by atoms with Crippen molar-refractivity contribution in [3.8, 4) is 5.75 Å². The molecule has 1 unspecified atom stereocenters. The number of carbonyl (C=O) groups excluding carboxylic acids is 2. The number of aryl methyl sites for hydroxylation is 1. The zero-order valence-electron chi connectivity index (χ0n) is 21.4. The molecule has 1 atom stereocenters. The lowest BCUT2D eigenvalue weighted by Gasteiger charge is -2.31. The molecule has 0 heterocycles. The smallest absolute Gasteiger partial charge is 0.243 e. The Morgan fingerprint density at radius 3 is 2.39 bits per heavy atom. The number of nitrogens with zero attached hydrogens (tertiary/aromatic N) is 1. The van der Waals surface area contributed by atoms with E-state index < -0.39 is 6.04 Å². The highest BCUT2D eigenvalue weighted by atomic mass is 32.2. The number of thioether (sulfide) groups is 1. The minimum absolute atomic E-state index is 0.0741. The Hall–Kier alpha value is -3.25. The molecule has 1 N–H and O–H groups in total. The first kappa shape index (κ1) is 27.3. The Balaban J connectivity index is 1.89. The van der Waals surface area contributed by atoms with E-state index in [1.165, 1.54) is 17.3 Å². The largest absolute Gasteiger partial charge is 0.497 e. The van der Waals surface area contributed by atoms with Gasteiger partial charge in [0.2, 0.25) is 11.8 Å². The SMILES string of the molecule is CCCCNC(=O)C(Cc1ccccc1)N(Cc1cccc(OC)c1)C(=O)CSc1ccc(C)cc1. The van der Waals surface area contributed by atoms with Crippen molar-refractivity contribution in [3.63, 3.8) is 0 Å². The normalized spacial score (nSPS) is 11.5. The number of benzene rings is 3. The molecule has 0 saturated heterocycles. The van der Waals surface area contributed by atoms with Gasteiger partial charge in [-0.25, -0.2) is 0 Å². The maximum atomic E-state index is 13.7. The van der Waals surface area contributed by atoms with Crippen molar-refractivity contribution in [2.45, 2.75) is 50.6 Å². The van der Waals surface area contributed by atoms with Crippen molar-refractivity contribution in [2.75, 3.05) is 19.4 Å². The standard InChI is InChI=1S/C30H36N2O3S/c1-4-5-18-31-30(34)28(20-24-10-7-6-8-11-24)32(21-25-12-9-13-26(19-25)35-3)29(33)22-36-27-16-14-23(2)15-17-27/h6-17,19,28H,4-5,18,20-22H2,1-3H3,(H,31,34). The third kappa shape index (κ3) is 8.45. The molecule has 5 nitrogen and oxygen atoms in total. The van der Waals surface area contributed by atoms with Crippen molar-refractivity contribution in [1.82, 2.24) is 10.2 Å². The van der Waals surface area contributed by atoms with Gasteiger partial charge in [-0.2, -0.15) is 0 Å². The molecule has 0 spiro atoms. The molecule has 3 aromatic carbocycles. The zero-order chi connectivity index (χ0) is 25.8. The van der Waals surface area contributed by atoms with E-state index in [9.17, 15) is 9.59 Å². The lowest BCUT2D eigenvalue weighted by Crippen LogP contribution is -2.51. The molecule has 0 saturated carbocycles. The van der Waals surface area contributed by atoms with Gasteiger partial charge in [-0.05, 0) is 48.7 Å². The van der Waals surface area contributed by atoms with Crippen LogP contribution in [0.1, 0.15) is 36.5 Å². The van der Waals surface area contributed by atoms with E-state index in [-0.39, 0.29) is 17.6 Å². The van der Waals surface area contributed by atoms with Crippen LogP contribution in [-0.2, 0) is 22.6 Å². The topological polar surface area (TPSA) is 58.6 Å². The highest BCUT2D eigenvalue weighted by Crippen LogP contribution is 2.22. The third-order valence-electron chi connectivity index (χ3n) is 5.97. The monoisotopic (exact) mass is 504 g/mol. The van der Waals surface area contributed by atoms with Gasteiger partial charge in [-0.1, -0.05) is 73.5 Å². The Morgan fingerprint density at radius 2 is 1.69 bits per heavy atom. The molecule has 36 heavy (non-hydrogen) atoms. The molecular weight excluding hydrogens is 468 g/mol. The number of ether oxygens (including phenoxy) is 1. The van der Waals surface area contributed by atoms with E-state index >= 15 is 0 Å². The van der Waals surface area contributed by atoms with Gasteiger partial charge in [-0.3, -0.25) is 9.59 Å². The van der Waals surface area contributed by atoms with Gasteiger partial charge in [0.25, 0.3) is 0 Å². The van der Waals surface area contributed by atoms with Gasteiger partial charge >= 0.3 is 0 Å². The van der Waals surface area contributed by atoms with Gasteiger partial charge in [0.1, 0.15) is 11.8 Å². The number of hydrogen-bond acceptors (Lipinski definition) is 4. The summed E-state index contributed by atoms with van der Waals surface area (Å²) in [6, 6.07) is 25.1. The number of carbonyl (C=O) groups is 2. The van der Waals surface area contributed by atoms with Crippen LogP contribution in [0.5, 0.6) is 5.75 Å². The van der Waals surface area contributed by atoms with Gasteiger partial charge in [-0.15, -0.1) is 11.8 Å². The second-order valence-corrected chi connectivity index (χ2v) is 9.87. The van der Waals surface area contributed by atoms with E-state index in [1.807, 2.05) is 85.8 Å². The number of unbranched alkanes of at least 4 members (excludes halogenated alkanes) is 1. The van der Waals surface area contributed by atoms with Gasteiger partial charge in [0, 0.05) is 24.4 Å². The quantitative estimate of drug-likeness (QED) is 0.241. The van der Waals surface area contributed by atoms with Crippen LogP contribution >= 0.6 is 11.8 Å². The van der Waals surface area contributed by atoms with E-state index in [2.05, 4.69) is 12.2 Å². The summed E-state index contributed by atoms with van der Waals surface area (Å²) in [5.41, 5.74) is 3.11. The first-order chi connectivity index (χ1) is 17.5. The van der Waals surface area contributed by atoms with Crippen molar-refractivity contribution in [3.05, 3.63) is 95.6 Å². The summed E-state index contributed by atoms with van der Waals surface area (Å²) < 4.78 is 5.39. The summed E-state index contributed by atoms with van der Waals surface area (Å²) in [5, 5.41) is 3.06. The molecule has 3 rings (SSSR count). The summed E-state index contributed by atoms with van der Waals surface area (Å²) in [7, 11) is 1.62. The summed E-state index contributed by atoms with van der Waals surface area (Å²) in [6.07, 6.45) is 2.34. The molecule has 0 fully saturated rings. The lowest BCUT2D eigenvalue weighted by molar-refractivity contribution is -0.139.